The largest absolute Gasteiger partial charge is 0.415 e. The molecule has 104 valence electrons. The third-order valence-corrected chi connectivity index (χ3v) is 3.30. The van der Waals surface area contributed by atoms with Gasteiger partial charge in [-0.05, 0) is 23.1 Å². The van der Waals surface area contributed by atoms with Crippen LogP contribution in [0, 0.1) is 0 Å². The van der Waals surface area contributed by atoms with Gasteiger partial charge in [0.25, 0.3) is 0 Å². The Balaban J connectivity index is 1.97. The molecule has 1 saturated heterocycles. The number of hydrogen-bond donors (Lipinski definition) is 1. The number of benzene rings is 1. The van der Waals surface area contributed by atoms with Crippen LogP contribution in [0.25, 0.3) is 0 Å². The van der Waals surface area contributed by atoms with E-state index in [1.807, 2.05) is 24.3 Å². The number of carbonyl (C=O) groups is 1. The summed E-state index contributed by atoms with van der Waals surface area (Å²) in [4.78, 5) is 13.7. The first kappa shape index (κ1) is 13.9. The van der Waals surface area contributed by atoms with Crippen LogP contribution >= 0.6 is 0 Å². The third kappa shape index (κ3) is 3.70. The van der Waals surface area contributed by atoms with Crippen LogP contribution in [0.1, 0.15) is 26.3 Å². The lowest BCUT2D eigenvalue weighted by molar-refractivity contribution is 0.146. The van der Waals surface area contributed by atoms with Crippen molar-refractivity contribution >= 4 is 6.09 Å². The van der Waals surface area contributed by atoms with Crippen LogP contribution < -0.4 is 10.1 Å². The minimum atomic E-state index is -0.259. The highest BCUT2D eigenvalue weighted by Gasteiger charge is 2.18. The topological polar surface area (TPSA) is 41.6 Å². The van der Waals surface area contributed by atoms with Gasteiger partial charge in [0, 0.05) is 26.2 Å². The van der Waals surface area contributed by atoms with Gasteiger partial charge in [-0.15, -0.1) is 0 Å². The number of nitrogens with one attached hydrogen (secondary N) is 1. The Morgan fingerprint density at radius 2 is 1.74 bits per heavy atom. The summed E-state index contributed by atoms with van der Waals surface area (Å²) in [6.45, 7) is 9.56. The van der Waals surface area contributed by atoms with Crippen molar-refractivity contribution in [3.63, 3.8) is 0 Å². The maximum absolute atomic E-state index is 11.9. The van der Waals surface area contributed by atoms with Crippen LogP contribution in [0.15, 0.2) is 24.3 Å². The van der Waals surface area contributed by atoms with E-state index in [9.17, 15) is 4.79 Å². The molecule has 0 atom stereocenters. The van der Waals surface area contributed by atoms with Gasteiger partial charge >= 0.3 is 6.09 Å². The number of rotatable bonds is 1. The smallest absolute Gasteiger partial charge is 0.410 e. The molecule has 0 aromatic heterocycles. The number of ether oxygens (including phenoxy) is 1. The van der Waals surface area contributed by atoms with Gasteiger partial charge in [-0.2, -0.15) is 0 Å². The van der Waals surface area contributed by atoms with E-state index in [1.54, 1.807) is 4.90 Å². The SMILES string of the molecule is CC(C)(C)c1ccc(OC(=O)N2CCNCC2)cc1. The molecule has 0 bridgehead atoms. The fraction of sp³-hybridized carbons (Fsp3) is 0.533. The van der Waals surface area contributed by atoms with Crippen LogP contribution in [0.2, 0.25) is 0 Å². The summed E-state index contributed by atoms with van der Waals surface area (Å²) in [5.41, 5.74) is 1.34. The Hall–Kier alpha value is -1.55. The van der Waals surface area contributed by atoms with Crippen molar-refractivity contribution < 1.29 is 9.53 Å². The second-order valence-corrected chi connectivity index (χ2v) is 5.88. The summed E-state index contributed by atoms with van der Waals surface area (Å²) >= 11 is 0. The molecule has 0 saturated carbocycles. The van der Waals surface area contributed by atoms with E-state index in [2.05, 4.69) is 26.1 Å². The van der Waals surface area contributed by atoms with E-state index < -0.39 is 0 Å². The van der Waals surface area contributed by atoms with Crippen molar-refractivity contribution in [2.24, 2.45) is 0 Å². The highest BCUT2D eigenvalue weighted by atomic mass is 16.6. The fourth-order valence-corrected chi connectivity index (χ4v) is 2.04. The monoisotopic (exact) mass is 262 g/mol. The summed E-state index contributed by atoms with van der Waals surface area (Å²) in [5, 5.41) is 3.21. The highest BCUT2D eigenvalue weighted by molar-refractivity contribution is 5.70. The van der Waals surface area contributed by atoms with Crippen LogP contribution in [0.3, 0.4) is 0 Å². The minimum absolute atomic E-state index is 0.112. The standard InChI is InChI=1S/C15H22N2O2/c1-15(2,3)12-4-6-13(7-5-12)19-14(18)17-10-8-16-9-11-17/h4-7,16H,8-11H2,1-3H3. The lowest BCUT2D eigenvalue weighted by Gasteiger charge is -2.26. The molecule has 1 aromatic carbocycles. The molecule has 0 radical (unpaired) electrons. The molecule has 4 heteroatoms. The number of hydrogen-bond acceptors (Lipinski definition) is 3. The van der Waals surface area contributed by atoms with E-state index in [4.69, 9.17) is 4.74 Å². The van der Waals surface area contributed by atoms with Gasteiger partial charge in [-0.25, -0.2) is 4.79 Å². The molecule has 0 unspecified atom stereocenters. The van der Waals surface area contributed by atoms with E-state index in [1.165, 1.54) is 5.56 Å². The van der Waals surface area contributed by atoms with Gasteiger partial charge < -0.3 is 15.0 Å². The van der Waals surface area contributed by atoms with Crippen molar-refractivity contribution in [1.29, 1.82) is 0 Å². The van der Waals surface area contributed by atoms with Gasteiger partial charge in [-0.3, -0.25) is 0 Å². The Labute approximate surface area is 114 Å². The van der Waals surface area contributed by atoms with Gasteiger partial charge in [0.2, 0.25) is 0 Å². The second kappa shape index (κ2) is 5.61. The minimum Gasteiger partial charge on any atom is -0.410 e. The van der Waals surface area contributed by atoms with Crippen molar-refractivity contribution in [1.82, 2.24) is 10.2 Å². The molecule has 4 nitrogen and oxygen atoms in total. The molecule has 0 spiro atoms. The maximum atomic E-state index is 11.9. The van der Waals surface area contributed by atoms with E-state index in [0.717, 1.165) is 13.1 Å². The first-order chi connectivity index (χ1) is 8.97. The maximum Gasteiger partial charge on any atom is 0.415 e. The summed E-state index contributed by atoms with van der Waals surface area (Å²) < 4.78 is 5.38. The Morgan fingerprint density at radius 1 is 1.16 bits per heavy atom. The van der Waals surface area contributed by atoms with Crippen LogP contribution in [-0.2, 0) is 5.41 Å². The van der Waals surface area contributed by atoms with Gasteiger partial charge in [0.05, 0.1) is 0 Å². The molecule has 19 heavy (non-hydrogen) atoms. The number of nitrogens with zero attached hydrogens (tertiary/aromatic N) is 1. The molecule has 2 rings (SSSR count). The molecule has 0 aliphatic carbocycles. The Morgan fingerprint density at radius 3 is 2.26 bits per heavy atom. The van der Waals surface area contributed by atoms with Gasteiger partial charge in [0.1, 0.15) is 5.75 Å². The number of carbonyl (C=O) groups excluding carboxylic acids is 1. The molecule has 1 aromatic rings. The van der Waals surface area contributed by atoms with E-state index in [-0.39, 0.29) is 11.5 Å². The summed E-state index contributed by atoms with van der Waals surface area (Å²) in [5.74, 6) is 0.608. The summed E-state index contributed by atoms with van der Waals surface area (Å²) in [6, 6.07) is 7.75. The zero-order chi connectivity index (χ0) is 13.9. The lowest BCUT2D eigenvalue weighted by atomic mass is 9.87. The van der Waals surface area contributed by atoms with Gasteiger partial charge in [-0.1, -0.05) is 32.9 Å². The fourth-order valence-electron chi connectivity index (χ4n) is 2.04. The average molecular weight is 262 g/mol. The molecule has 1 heterocycles. The zero-order valence-electron chi connectivity index (χ0n) is 11.9. The van der Waals surface area contributed by atoms with E-state index in [0.29, 0.717) is 18.8 Å². The Bertz CT molecular complexity index is 428. The molecule has 1 aliphatic rings. The highest BCUT2D eigenvalue weighted by Crippen LogP contribution is 2.24. The first-order valence-electron chi connectivity index (χ1n) is 6.75. The number of amides is 1. The molecule has 1 fully saturated rings. The molecular formula is C15H22N2O2. The van der Waals surface area contributed by atoms with Crippen LogP contribution in [0.4, 0.5) is 4.79 Å². The van der Waals surface area contributed by atoms with Gasteiger partial charge in [0.15, 0.2) is 0 Å². The molecule has 1 N–H and O–H groups in total. The zero-order valence-corrected chi connectivity index (χ0v) is 11.9. The quantitative estimate of drug-likeness (QED) is 0.845. The normalized spacial score (nSPS) is 16.3. The lowest BCUT2D eigenvalue weighted by Crippen LogP contribution is -2.47. The third-order valence-electron chi connectivity index (χ3n) is 3.30. The second-order valence-electron chi connectivity index (χ2n) is 5.88. The Kier molecular flexibility index (Phi) is 4.10. The van der Waals surface area contributed by atoms with Crippen LogP contribution in [0.5, 0.6) is 5.75 Å². The van der Waals surface area contributed by atoms with Crippen molar-refractivity contribution in [2.75, 3.05) is 26.2 Å². The summed E-state index contributed by atoms with van der Waals surface area (Å²) in [6.07, 6.45) is -0.259. The predicted octanol–water partition coefficient (Wildman–Crippen LogP) is 2.39. The molecule has 1 amide bonds. The van der Waals surface area contributed by atoms with Crippen molar-refractivity contribution in [2.45, 2.75) is 26.2 Å². The first-order valence-corrected chi connectivity index (χ1v) is 6.75. The van der Waals surface area contributed by atoms with E-state index >= 15 is 0 Å². The van der Waals surface area contributed by atoms with Crippen LogP contribution in [-0.4, -0.2) is 37.2 Å². The molecular weight excluding hydrogens is 240 g/mol. The average Bonchev–Trinajstić information content (AvgIpc) is 2.39. The van der Waals surface area contributed by atoms with Crippen molar-refractivity contribution in [3.05, 3.63) is 29.8 Å². The number of piperazine rings is 1. The summed E-state index contributed by atoms with van der Waals surface area (Å²) in [7, 11) is 0. The van der Waals surface area contributed by atoms with Crippen molar-refractivity contribution in [3.8, 4) is 5.75 Å². The predicted molar refractivity (Wildman–Crippen MR) is 75.6 cm³/mol. The molecule has 1 aliphatic heterocycles.